The minimum atomic E-state index is -0.981. The van der Waals surface area contributed by atoms with Gasteiger partial charge in [-0.3, -0.25) is 0 Å². The van der Waals surface area contributed by atoms with Gasteiger partial charge in [0.2, 0.25) is 0 Å². The fourth-order valence-corrected chi connectivity index (χ4v) is 1.03. The van der Waals surface area contributed by atoms with Crippen molar-refractivity contribution in [3.63, 3.8) is 0 Å². The van der Waals surface area contributed by atoms with Gasteiger partial charge in [-0.15, -0.1) is 0 Å². The Hall–Kier alpha value is -1.20. The molecule has 0 aliphatic rings. The highest BCUT2D eigenvalue weighted by molar-refractivity contribution is 5.49. The van der Waals surface area contributed by atoms with Crippen molar-refractivity contribution in [1.29, 1.82) is 0 Å². The summed E-state index contributed by atoms with van der Waals surface area (Å²) in [7, 11) is 0. The lowest BCUT2D eigenvalue weighted by molar-refractivity contribution is 0.506. The van der Waals surface area contributed by atoms with Crippen LogP contribution in [0, 0.1) is 11.6 Å². The third kappa shape index (κ3) is 1.93. The molecule has 6 N–H and O–H groups in total. The number of hydrogen-bond acceptors (Lipinski definition) is 3. The van der Waals surface area contributed by atoms with E-state index in [1.165, 1.54) is 0 Å². The molecular formula is C8H11F2N3. The maximum absolute atomic E-state index is 12.7. The molecule has 1 rings (SSSR count). The predicted octanol–water partition coefficient (Wildman–Crippen LogP) is 0.506. The van der Waals surface area contributed by atoms with Gasteiger partial charge in [0, 0.05) is 24.3 Å². The van der Waals surface area contributed by atoms with Crippen molar-refractivity contribution < 1.29 is 8.78 Å². The average Bonchev–Trinajstić information content (AvgIpc) is 2.10. The molecule has 5 heteroatoms. The summed E-state index contributed by atoms with van der Waals surface area (Å²) in [4.78, 5) is 0. The highest BCUT2D eigenvalue weighted by Crippen LogP contribution is 2.21. The van der Waals surface area contributed by atoms with E-state index < -0.39 is 17.7 Å². The van der Waals surface area contributed by atoms with Gasteiger partial charge >= 0.3 is 0 Å². The average molecular weight is 187 g/mol. The summed E-state index contributed by atoms with van der Waals surface area (Å²) in [6.45, 7) is 0.134. The van der Waals surface area contributed by atoms with Crippen molar-refractivity contribution >= 4 is 5.69 Å². The summed E-state index contributed by atoms with van der Waals surface area (Å²) in [6, 6.07) is 1.32. The van der Waals surface area contributed by atoms with Gasteiger partial charge in [0.05, 0.1) is 0 Å². The van der Waals surface area contributed by atoms with Gasteiger partial charge in [0.1, 0.15) is 0 Å². The van der Waals surface area contributed by atoms with Crippen LogP contribution in [0.25, 0.3) is 0 Å². The van der Waals surface area contributed by atoms with Gasteiger partial charge < -0.3 is 17.2 Å². The third-order valence-electron chi connectivity index (χ3n) is 1.78. The van der Waals surface area contributed by atoms with Crippen LogP contribution in [-0.2, 0) is 0 Å². The number of benzene rings is 1. The molecule has 0 saturated heterocycles. The molecule has 0 unspecified atom stereocenters. The van der Waals surface area contributed by atoms with E-state index in [9.17, 15) is 8.78 Å². The van der Waals surface area contributed by atoms with Gasteiger partial charge in [0.15, 0.2) is 11.6 Å². The lowest BCUT2D eigenvalue weighted by Gasteiger charge is -2.12. The first-order valence-corrected chi connectivity index (χ1v) is 3.76. The van der Waals surface area contributed by atoms with E-state index in [1.54, 1.807) is 0 Å². The van der Waals surface area contributed by atoms with Crippen LogP contribution in [0.3, 0.4) is 0 Å². The Bertz CT molecular complexity index is 315. The third-order valence-corrected chi connectivity index (χ3v) is 1.78. The zero-order valence-corrected chi connectivity index (χ0v) is 6.93. The highest BCUT2D eigenvalue weighted by atomic mass is 19.2. The number of anilines is 1. The van der Waals surface area contributed by atoms with Crippen molar-refractivity contribution in [2.75, 3.05) is 12.3 Å². The predicted molar refractivity (Wildman–Crippen MR) is 46.8 cm³/mol. The van der Waals surface area contributed by atoms with Gasteiger partial charge in [-0.2, -0.15) is 0 Å². The molecule has 1 aromatic rings. The van der Waals surface area contributed by atoms with Gasteiger partial charge in [-0.25, -0.2) is 8.78 Å². The largest absolute Gasteiger partial charge is 0.398 e. The van der Waals surface area contributed by atoms with Crippen molar-refractivity contribution in [2.24, 2.45) is 11.5 Å². The van der Waals surface area contributed by atoms with Crippen molar-refractivity contribution in [1.82, 2.24) is 0 Å². The molecule has 13 heavy (non-hydrogen) atoms. The summed E-state index contributed by atoms with van der Waals surface area (Å²) in [5.41, 5.74) is 16.7. The van der Waals surface area contributed by atoms with Crippen molar-refractivity contribution in [3.05, 3.63) is 29.3 Å². The van der Waals surface area contributed by atoms with E-state index in [0.717, 1.165) is 12.1 Å². The van der Waals surface area contributed by atoms with Crippen LogP contribution in [0.4, 0.5) is 14.5 Å². The van der Waals surface area contributed by atoms with E-state index in [0.29, 0.717) is 5.56 Å². The molecular weight excluding hydrogens is 176 g/mol. The van der Waals surface area contributed by atoms with E-state index in [-0.39, 0.29) is 12.2 Å². The Balaban J connectivity index is 3.15. The van der Waals surface area contributed by atoms with Crippen molar-refractivity contribution in [3.8, 4) is 0 Å². The van der Waals surface area contributed by atoms with Gasteiger partial charge in [0.25, 0.3) is 0 Å². The van der Waals surface area contributed by atoms with E-state index in [2.05, 4.69) is 0 Å². The monoisotopic (exact) mass is 187 g/mol. The number of halogens is 2. The van der Waals surface area contributed by atoms with Crippen LogP contribution in [0.5, 0.6) is 0 Å². The Morgan fingerprint density at radius 3 is 2.31 bits per heavy atom. The first-order chi connectivity index (χ1) is 6.06. The van der Waals surface area contributed by atoms with Crippen LogP contribution in [0.1, 0.15) is 11.6 Å². The number of nitrogens with two attached hydrogens (primary N) is 3. The molecule has 0 fully saturated rings. The SMILES string of the molecule is NC[C@@H](N)c1cc(F)c(F)cc1N. The standard InChI is InChI=1S/C8H11F2N3/c9-5-1-4(8(13)3-11)7(12)2-6(5)10/h1-2,8H,3,11-13H2/t8-/m1/s1. The zero-order valence-electron chi connectivity index (χ0n) is 6.93. The van der Waals surface area contributed by atoms with Crippen molar-refractivity contribution in [2.45, 2.75) is 6.04 Å². The molecule has 0 bridgehead atoms. The minimum absolute atomic E-state index is 0.122. The first kappa shape index (κ1) is 9.88. The maximum atomic E-state index is 12.7. The summed E-state index contributed by atoms with van der Waals surface area (Å²) in [5.74, 6) is -1.95. The Kier molecular flexibility index (Phi) is 2.79. The number of rotatable bonds is 2. The molecule has 72 valence electrons. The molecule has 0 aromatic heterocycles. The maximum Gasteiger partial charge on any atom is 0.160 e. The fraction of sp³-hybridized carbons (Fsp3) is 0.250. The second-order valence-electron chi connectivity index (χ2n) is 2.74. The van der Waals surface area contributed by atoms with E-state index in [1.807, 2.05) is 0 Å². The Morgan fingerprint density at radius 2 is 1.77 bits per heavy atom. The summed E-state index contributed by atoms with van der Waals surface area (Å²) < 4.78 is 25.3. The topological polar surface area (TPSA) is 78.1 Å². The quantitative estimate of drug-likeness (QED) is 0.590. The Labute approximate surface area is 74.5 Å². The molecule has 1 atom stereocenters. The minimum Gasteiger partial charge on any atom is -0.398 e. The van der Waals surface area contributed by atoms with Crippen LogP contribution in [-0.4, -0.2) is 6.54 Å². The zero-order chi connectivity index (χ0) is 10.0. The second-order valence-corrected chi connectivity index (χ2v) is 2.74. The first-order valence-electron chi connectivity index (χ1n) is 3.76. The molecule has 0 spiro atoms. The van der Waals surface area contributed by atoms with E-state index in [4.69, 9.17) is 17.2 Å². The normalized spacial score (nSPS) is 12.9. The highest BCUT2D eigenvalue weighted by Gasteiger charge is 2.12. The Morgan fingerprint density at radius 1 is 1.23 bits per heavy atom. The summed E-state index contributed by atoms with van der Waals surface area (Å²) in [6.07, 6.45) is 0. The lowest BCUT2D eigenvalue weighted by atomic mass is 10.1. The molecule has 0 heterocycles. The molecule has 1 aromatic carbocycles. The van der Waals surface area contributed by atoms with Gasteiger partial charge in [-0.1, -0.05) is 0 Å². The molecule has 0 radical (unpaired) electrons. The second kappa shape index (κ2) is 3.68. The fourth-order valence-electron chi connectivity index (χ4n) is 1.03. The van der Waals surface area contributed by atoms with Crippen LogP contribution in [0.15, 0.2) is 12.1 Å². The molecule has 0 saturated carbocycles. The number of hydrogen-bond donors (Lipinski definition) is 3. The smallest absolute Gasteiger partial charge is 0.160 e. The summed E-state index contributed by atoms with van der Waals surface area (Å²) in [5, 5.41) is 0. The molecule has 0 aliphatic heterocycles. The van der Waals surface area contributed by atoms with E-state index >= 15 is 0 Å². The van der Waals surface area contributed by atoms with Crippen LogP contribution < -0.4 is 17.2 Å². The molecule has 3 nitrogen and oxygen atoms in total. The molecule has 0 amide bonds. The van der Waals surface area contributed by atoms with Gasteiger partial charge in [-0.05, 0) is 11.6 Å². The van der Waals surface area contributed by atoms with Crippen LogP contribution in [0.2, 0.25) is 0 Å². The molecule has 0 aliphatic carbocycles. The summed E-state index contributed by atoms with van der Waals surface area (Å²) >= 11 is 0. The lowest BCUT2D eigenvalue weighted by Crippen LogP contribution is -2.22. The van der Waals surface area contributed by atoms with Crippen LogP contribution >= 0.6 is 0 Å². The number of nitrogen functional groups attached to an aromatic ring is 1.